The van der Waals surface area contributed by atoms with E-state index >= 15 is 0 Å². The number of fused-ring (bicyclic) bond motifs is 1. The van der Waals surface area contributed by atoms with Crippen LogP contribution in [0.5, 0.6) is 11.5 Å². The van der Waals surface area contributed by atoms with Crippen LogP contribution in [0.15, 0.2) is 18.2 Å². The Hall–Kier alpha value is -1.55. The minimum absolute atomic E-state index is 0.0568. The van der Waals surface area contributed by atoms with Gasteiger partial charge in [-0.25, -0.2) is 0 Å². The molecule has 0 aliphatic carbocycles. The second kappa shape index (κ2) is 4.98. The van der Waals surface area contributed by atoms with Gasteiger partial charge in [-0.15, -0.1) is 0 Å². The van der Waals surface area contributed by atoms with Crippen molar-refractivity contribution in [2.45, 2.75) is 26.3 Å². The molecule has 1 aliphatic rings. The summed E-state index contributed by atoms with van der Waals surface area (Å²) in [4.78, 5) is 12.4. The molecule has 0 bridgehead atoms. The minimum Gasteiger partial charge on any atom is -0.486 e. The minimum atomic E-state index is -0.571. The average molecular weight is 249 g/mol. The number of nitrogens with one attached hydrogen (secondary N) is 1. The van der Waals surface area contributed by atoms with Crippen molar-refractivity contribution in [3.8, 4) is 11.5 Å². The van der Waals surface area contributed by atoms with Crippen LogP contribution in [0.1, 0.15) is 31.1 Å². The molecule has 0 saturated heterocycles. The van der Waals surface area contributed by atoms with Gasteiger partial charge in [-0.05, 0) is 38.6 Å². The Morgan fingerprint density at radius 1 is 1.28 bits per heavy atom. The second-order valence-corrected chi connectivity index (χ2v) is 4.84. The quantitative estimate of drug-likeness (QED) is 0.829. The van der Waals surface area contributed by atoms with Crippen LogP contribution in [0.2, 0.25) is 0 Å². The summed E-state index contributed by atoms with van der Waals surface area (Å²) in [7, 11) is 0. The Morgan fingerprint density at radius 3 is 2.61 bits per heavy atom. The number of ketones is 1. The number of carbonyl (C=O) groups excluding carboxylic acids is 1. The van der Waals surface area contributed by atoms with Crippen LogP contribution in [0, 0.1) is 0 Å². The molecule has 0 radical (unpaired) electrons. The van der Waals surface area contributed by atoms with Gasteiger partial charge in [0.05, 0.1) is 5.54 Å². The van der Waals surface area contributed by atoms with E-state index in [4.69, 9.17) is 9.47 Å². The number of carbonyl (C=O) groups is 1. The fourth-order valence-corrected chi connectivity index (χ4v) is 2.07. The van der Waals surface area contributed by atoms with E-state index in [2.05, 4.69) is 5.32 Å². The number of likely N-dealkylation sites (N-methyl/N-ethyl adjacent to an activating group) is 1. The second-order valence-electron chi connectivity index (χ2n) is 4.84. The molecule has 0 aromatic heterocycles. The number of rotatable bonds is 4. The van der Waals surface area contributed by atoms with Gasteiger partial charge >= 0.3 is 0 Å². The van der Waals surface area contributed by atoms with Gasteiger partial charge in [0.15, 0.2) is 17.3 Å². The van der Waals surface area contributed by atoms with Crippen LogP contribution in [-0.2, 0) is 0 Å². The lowest BCUT2D eigenvalue weighted by Gasteiger charge is -2.25. The molecule has 18 heavy (non-hydrogen) atoms. The van der Waals surface area contributed by atoms with Crippen molar-refractivity contribution in [1.29, 1.82) is 0 Å². The first-order valence-corrected chi connectivity index (χ1v) is 6.24. The van der Waals surface area contributed by atoms with Crippen LogP contribution in [-0.4, -0.2) is 31.1 Å². The van der Waals surface area contributed by atoms with Crippen LogP contribution in [0.4, 0.5) is 0 Å². The van der Waals surface area contributed by atoms with Crippen molar-refractivity contribution in [2.75, 3.05) is 19.8 Å². The molecule has 4 nitrogen and oxygen atoms in total. The molecule has 1 heterocycles. The highest BCUT2D eigenvalue weighted by molar-refractivity contribution is 6.03. The van der Waals surface area contributed by atoms with E-state index in [0.29, 0.717) is 30.3 Å². The molecule has 0 spiro atoms. The SMILES string of the molecule is CCNC(C)(C)C(=O)c1ccc2c(c1)OCCO2. The first-order chi connectivity index (χ1) is 8.54. The first-order valence-electron chi connectivity index (χ1n) is 6.24. The van der Waals surface area contributed by atoms with Crippen LogP contribution < -0.4 is 14.8 Å². The summed E-state index contributed by atoms with van der Waals surface area (Å²) in [6.07, 6.45) is 0. The molecular formula is C14H19NO3. The zero-order valence-corrected chi connectivity index (χ0v) is 11.1. The Bertz CT molecular complexity index is 454. The average Bonchev–Trinajstić information content (AvgIpc) is 2.37. The van der Waals surface area contributed by atoms with Crippen molar-refractivity contribution >= 4 is 5.78 Å². The maximum atomic E-state index is 12.4. The summed E-state index contributed by atoms with van der Waals surface area (Å²) >= 11 is 0. The van der Waals surface area contributed by atoms with Gasteiger partial charge < -0.3 is 14.8 Å². The van der Waals surface area contributed by atoms with E-state index in [1.54, 1.807) is 18.2 Å². The molecule has 4 heteroatoms. The lowest BCUT2D eigenvalue weighted by molar-refractivity contribution is 0.0883. The molecule has 0 fully saturated rings. The normalized spacial score (nSPS) is 14.4. The van der Waals surface area contributed by atoms with Gasteiger partial charge in [0, 0.05) is 5.56 Å². The monoisotopic (exact) mass is 249 g/mol. The molecule has 98 valence electrons. The lowest BCUT2D eigenvalue weighted by Crippen LogP contribution is -2.46. The Balaban J connectivity index is 2.26. The molecule has 1 N–H and O–H groups in total. The Kier molecular flexibility index (Phi) is 3.57. The van der Waals surface area contributed by atoms with E-state index < -0.39 is 5.54 Å². The van der Waals surface area contributed by atoms with Gasteiger partial charge in [-0.2, -0.15) is 0 Å². The standard InChI is InChI=1S/C14H19NO3/c1-4-15-14(2,3)13(16)10-5-6-11-12(9-10)18-8-7-17-11/h5-6,9,15H,4,7-8H2,1-3H3. The van der Waals surface area contributed by atoms with Crippen molar-refractivity contribution in [1.82, 2.24) is 5.32 Å². The van der Waals surface area contributed by atoms with Crippen molar-refractivity contribution in [3.05, 3.63) is 23.8 Å². The van der Waals surface area contributed by atoms with E-state index in [1.807, 2.05) is 20.8 Å². The number of benzene rings is 1. The van der Waals surface area contributed by atoms with Crippen molar-refractivity contribution in [3.63, 3.8) is 0 Å². The topological polar surface area (TPSA) is 47.6 Å². The fraction of sp³-hybridized carbons (Fsp3) is 0.500. The predicted octanol–water partition coefficient (Wildman–Crippen LogP) is 2.03. The summed E-state index contributed by atoms with van der Waals surface area (Å²) in [5, 5.41) is 3.18. The zero-order valence-electron chi connectivity index (χ0n) is 11.1. The van der Waals surface area contributed by atoms with E-state index in [1.165, 1.54) is 0 Å². The van der Waals surface area contributed by atoms with Crippen molar-refractivity contribution < 1.29 is 14.3 Å². The fourth-order valence-electron chi connectivity index (χ4n) is 2.07. The summed E-state index contributed by atoms with van der Waals surface area (Å²) in [5.41, 5.74) is 0.0728. The van der Waals surface area contributed by atoms with Crippen LogP contribution in [0.25, 0.3) is 0 Å². The molecular weight excluding hydrogens is 230 g/mol. The highest BCUT2D eigenvalue weighted by atomic mass is 16.6. The molecule has 1 aromatic carbocycles. The molecule has 0 amide bonds. The number of Topliss-reactive ketones (excluding diaryl/α,β-unsaturated/α-hetero) is 1. The largest absolute Gasteiger partial charge is 0.486 e. The summed E-state index contributed by atoms with van der Waals surface area (Å²) < 4.78 is 10.9. The first kappa shape index (κ1) is 12.9. The van der Waals surface area contributed by atoms with E-state index in [0.717, 1.165) is 6.54 Å². The summed E-state index contributed by atoms with van der Waals surface area (Å²) in [6.45, 7) is 7.60. The number of hydrogen-bond donors (Lipinski definition) is 1. The summed E-state index contributed by atoms with van der Waals surface area (Å²) in [6, 6.07) is 5.34. The lowest BCUT2D eigenvalue weighted by atomic mass is 9.93. The third-order valence-corrected chi connectivity index (χ3v) is 2.99. The molecule has 0 unspecified atom stereocenters. The van der Waals surface area contributed by atoms with E-state index in [9.17, 15) is 4.79 Å². The predicted molar refractivity (Wildman–Crippen MR) is 69.5 cm³/mol. The van der Waals surface area contributed by atoms with Crippen LogP contribution >= 0.6 is 0 Å². The Morgan fingerprint density at radius 2 is 1.94 bits per heavy atom. The van der Waals surface area contributed by atoms with E-state index in [-0.39, 0.29) is 5.78 Å². The zero-order chi connectivity index (χ0) is 13.2. The van der Waals surface area contributed by atoms with Gasteiger partial charge in [0.2, 0.25) is 0 Å². The molecule has 1 aromatic rings. The third kappa shape index (κ3) is 2.48. The Labute approximate surface area is 107 Å². The number of ether oxygens (including phenoxy) is 2. The molecule has 2 rings (SSSR count). The third-order valence-electron chi connectivity index (χ3n) is 2.99. The van der Waals surface area contributed by atoms with Gasteiger partial charge in [0.25, 0.3) is 0 Å². The maximum Gasteiger partial charge on any atom is 0.182 e. The van der Waals surface area contributed by atoms with Gasteiger partial charge in [-0.3, -0.25) is 4.79 Å². The maximum absolute atomic E-state index is 12.4. The number of hydrogen-bond acceptors (Lipinski definition) is 4. The molecule has 0 atom stereocenters. The molecule has 0 saturated carbocycles. The highest BCUT2D eigenvalue weighted by Gasteiger charge is 2.28. The molecule has 1 aliphatic heterocycles. The smallest absolute Gasteiger partial charge is 0.182 e. The van der Waals surface area contributed by atoms with Gasteiger partial charge in [-0.1, -0.05) is 6.92 Å². The highest BCUT2D eigenvalue weighted by Crippen LogP contribution is 2.31. The summed E-state index contributed by atoms with van der Waals surface area (Å²) in [5.74, 6) is 1.42. The van der Waals surface area contributed by atoms with Crippen LogP contribution in [0.3, 0.4) is 0 Å². The van der Waals surface area contributed by atoms with Gasteiger partial charge in [0.1, 0.15) is 13.2 Å². The van der Waals surface area contributed by atoms with Crippen molar-refractivity contribution in [2.24, 2.45) is 0 Å².